The molecule has 3 aromatic rings. The molecule has 0 spiro atoms. The Labute approximate surface area is 180 Å². The maximum absolute atomic E-state index is 14.7. The fraction of sp³-hybridized carbons (Fsp3) is 0.400. The minimum atomic E-state index is -4.43. The number of carbonyl (C=O) groups is 1. The Hall–Kier alpha value is -3.44. The molecule has 1 aliphatic heterocycles. The first-order valence-corrected chi connectivity index (χ1v) is 9.91. The van der Waals surface area contributed by atoms with E-state index in [-0.39, 0.29) is 19.1 Å². The van der Waals surface area contributed by atoms with Crippen LogP contribution in [0.4, 0.5) is 28.2 Å². The SMILES string of the molecule is O=C(OCc1ccc(C(F)(F)F)cc1)N1CC[C@H](CNc2cncc3nncn23)[C@H](F)C1. The van der Waals surface area contributed by atoms with Gasteiger partial charge in [0.25, 0.3) is 0 Å². The molecule has 1 fully saturated rings. The third-order valence-electron chi connectivity index (χ3n) is 5.34. The Bertz CT molecular complexity index is 1070. The molecule has 1 aromatic carbocycles. The molecule has 2 aromatic heterocycles. The number of fused-ring (bicyclic) bond motifs is 1. The maximum atomic E-state index is 14.7. The van der Waals surface area contributed by atoms with Crippen LogP contribution >= 0.6 is 0 Å². The number of nitrogens with one attached hydrogen (secondary N) is 1. The van der Waals surface area contributed by atoms with Gasteiger partial charge in [0.05, 0.1) is 24.5 Å². The van der Waals surface area contributed by atoms with Crippen LogP contribution in [0.1, 0.15) is 17.5 Å². The van der Waals surface area contributed by atoms with E-state index >= 15 is 0 Å². The molecule has 0 bridgehead atoms. The van der Waals surface area contributed by atoms with Gasteiger partial charge >= 0.3 is 12.3 Å². The molecule has 32 heavy (non-hydrogen) atoms. The van der Waals surface area contributed by atoms with Crippen LogP contribution in [-0.2, 0) is 17.5 Å². The van der Waals surface area contributed by atoms with Crippen LogP contribution in [0.3, 0.4) is 0 Å². The monoisotopic (exact) mass is 452 g/mol. The lowest BCUT2D eigenvalue weighted by molar-refractivity contribution is -0.137. The predicted molar refractivity (Wildman–Crippen MR) is 105 cm³/mol. The van der Waals surface area contributed by atoms with E-state index in [4.69, 9.17) is 4.74 Å². The van der Waals surface area contributed by atoms with Gasteiger partial charge in [-0.05, 0) is 24.1 Å². The Kier molecular flexibility index (Phi) is 6.10. The molecule has 0 unspecified atom stereocenters. The summed E-state index contributed by atoms with van der Waals surface area (Å²) in [5.41, 5.74) is 0.205. The minimum Gasteiger partial charge on any atom is -0.445 e. The van der Waals surface area contributed by atoms with E-state index in [1.807, 2.05) is 0 Å². The highest BCUT2D eigenvalue weighted by Gasteiger charge is 2.32. The number of rotatable bonds is 5. The van der Waals surface area contributed by atoms with E-state index in [1.165, 1.54) is 23.4 Å². The second kappa shape index (κ2) is 8.97. The molecule has 1 saturated heterocycles. The summed E-state index contributed by atoms with van der Waals surface area (Å²) in [5.74, 6) is 0.318. The van der Waals surface area contributed by atoms with Gasteiger partial charge in [-0.2, -0.15) is 13.2 Å². The quantitative estimate of drug-likeness (QED) is 0.596. The summed E-state index contributed by atoms with van der Waals surface area (Å²) < 4.78 is 59.4. The van der Waals surface area contributed by atoms with Gasteiger partial charge in [-0.15, -0.1) is 10.2 Å². The van der Waals surface area contributed by atoms with Gasteiger partial charge in [0, 0.05) is 19.0 Å². The second-order valence-electron chi connectivity index (χ2n) is 7.49. The summed E-state index contributed by atoms with van der Waals surface area (Å²) in [5, 5.41) is 10.9. The van der Waals surface area contributed by atoms with Crippen molar-refractivity contribution in [1.29, 1.82) is 0 Å². The molecule has 1 aliphatic rings. The highest BCUT2D eigenvalue weighted by atomic mass is 19.4. The van der Waals surface area contributed by atoms with Gasteiger partial charge in [-0.1, -0.05) is 12.1 Å². The largest absolute Gasteiger partial charge is 0.445 e. The van der Waals surface area contributed by atoms with Crippen molar-refractivity contribution < 1.29 is 27.1 Å². The Morgan fingerprint density at radius 2 is 2.00 bits per heavy atom. The zero-order valence-corrected chi connectivity index (χ0v) is 16.8. The predicted octanol–water partition coefficient (Wildman–Crippen LogP) is 3.55. The number of likely N-dealkylation sites (tertiary alicyclic amines) is 1. The van der Waals surface area contributed by atoms with E-state index < -0.39 is 24.0 Å². The number of anilines is 1. The molecule has 0 saturated carbocycles. The molecule has 3 heterocycles. The van der Waals surface area contributed by atoms with E-state index in [9.17, 15) is 22.4 Å². The number of piperidine rings is 1. The first-order valence-electron chi connectivity index (χ1n) is 9.91. The molecular formula is C20H20F4N6O2. The van der Waals surface area contributed by atoms with Crippen LogP contribution in [0.15, 0.2) is 43.0 Å². The summed E-state index contributed by atoms with van der Waals surface area (Å²) in [6, 6.07) is 4.35. The van der Waals surface area contributed by atoms with Crippen LogP contribution in [0.5, 0.6) is 0 Å². The van der Waals surface area contributed by atoms with Crippen LogP contribution in [0.2, 0.25) is 0 Å². The molecule has 0 aliphatic carbocycles. The number of hydrogen-bond donors (Lipinski definition) is 1. The summed E-state index contributed by atoms with van der Waals surface area (Å²) >= 11 is 0. The fourth-order valence-electron chi connectivity index (χ4n) is 3.50. The van der Waals surface area contributed by atoms with Gasteiger partial charge < -0.3 is 15.0 Å². The van der Waals surface area contributed by atoms with Crippen molar-refractivity contribution in [3.05, 3.63) is 54.1 Å². The van der Waals surface area contributed by atoms with Crippen LogP contribution in [0.25, 0.3) is 5.65 Å². The highest BCUT2D eigenvalue weighted by Crippen LogP contribution is 2.29. The second-order valence-corrected chi connectivity index (χ2v) is 7.49. The maximum Gasteiger partial charge on any atom is 0.416 e. The van der Waals surface area contributed by atoms with Gasteiger partial charge in [0.15, 0.2) is 5.65 Å². The van der Waals surface area contributed by atoms with E-state index in [0.29, 0.717) is 36.5 Å². The number of amides is 1. The van der Waals surface area contributed by atoms with Gasteiger partial charge in [0.1, 0.15) is 24.9 Å². The lowest BCUT2D eigenvalue weighted by atomic mass is 9.95. The van der Waals surface area contributed by atoms with Crippen molar-refractivity contribution in [2.75, 3.05) is 25.0 Å². The molecule has 12 heteroatoms. The Morgan fingerprint density at radius 1 is 1.22 bits per heavy atom. The zero-order chi connectivity index (χ0) is 22.7. The average molecular weight is 452 g/mol. The first-order chi connectivity index (χ1) is 15.3. The van der Waals surface area contributed by atoms with Crippen molar-refractivity contribution in [2.24, 2.45) is 5.92 Å². The van der Waals surface area contributed by atoms with E-state index in [0.717, 1.165) is 12.1 Å². The number of alkyl halides is 4. The number of halogens is 4. The number of nitrogens with zero attached hydrogens (tertiary/aromatic N) is 5. The smallest absolute Gasteiger partial charge is 0.416 e. The van der Waals surface area contributed by atoms with Crippen LogP contribution in [0, 0.1) is 5.92 Å². The third-order valence-corrected chi connectivity index (χ3v) is 5.34. The lowest BCUT2D eigenvalue weighted by Crippen LogP contribution is -2.46. The van der Waals surface area contributed by atoms with Crippen molar-refractivity contribution in [1.82, 2.24) is 24.5 Å². The Balaban J connectivity index is 1.25. The van der Waals surface area contributed by atoms with Crippen molar-refractivity contribution >= 4 is 17.6 Å². The molecule has 1 N–H and O–H groups in total. The Morgan fingerprint density at radius 3 is 2.72 bits per heavy atom. The third kappa shape index (κ3) is 4.89. The van der Waals surface area contributed by atoms with Gasteiger partial charge in [-0.25, -0.2) is 9.18 Å². The minimum absolute atomic E-state index is 0.118. The molecule has 4 rings (SSSR count). The van der Waals surface area contributed by atoms with Crippen molar-refractivity contribution in [3.63, 3.8) is 0 Å². The average Bonchev–Trinajstić information content (AvgIpc) is 3.26. The summed E-state index contributed by atoms with van der Waals surface area (Å²) in [4.78, 5) is 17.6. The fourth-order valence-corrected chi connectivity index (χ4v) is 3.50. The van der Waals surface area contributed by atoms with Crippen molar-refractivity contribution in [3.8, 4) is 0 Å². The van der Waals surface area contributed by atoms with Gasteiger partial charge in [0.2, 0.25) is 0 Å². The number of carbonyl (C=O) groups excluding carboxylic acids is 1. The normalized spacial score (nSPS) is 19.2. The molecule has 2 atom stereocenters. The van der Waals surface area contributed by atoms with E-state index in [2.05, 4.69) is 20.5 Å². The number of ether oxygens (including phenoxy) is 1. The molecule has 8 nitrogen and oxygen atoms in total. The topological polar surface area (TPSA) is 84.6 Å². The van der Waals surface area contributed by atoms with Crippen LogP contribution in [-0.4, -0.2) is 56.4 Å². The summed E-state index contributed by atoms with van der Waals surface area (Å²) in [6.45, 7) is 0.348. The van der Waals surface area contributed by atoms with Crippen LogP contribution < -0.4 is 5.32 Å². The summed E-state index contributed by atoms with van der Waals surface area (Å²) in [6.07, 6.45) is -1.28. The molecule has 1 amide bonds. The highest BCUT2D eigenvalue weighted by molar-refractivity contribution is 5.67. The van der Waals surface area contributed by atoms with Gasteiger partial charge in [-0.3, -0.25) is 9.38 Å². The molecule has 170 valence electrons. The lowest BCUT2D eigenvalue weighted by Gasteiger charge is -2.34. The number of aromatic nitrogens is 4. The van der Waals surface area contributed by atoms with E-state index in [1.54, 1.807) is 16.8 Å². The van der Waals surface area contributed by atoms with Crippen molar-refractivity contribution in [2.45, 2.75) is 25.4 Å². The number of benzene rings is 1. The first kappa shape index (κ1) is 21.8. The number of hydrogen-bond acceptors (Lipinski definition) is 6. The molecular weight excluding hydrogens is 432 g/mol. The molecule has 0 radical (unpaired) electrons. The zero-order valence-electron chi connectivity index (χ0n) is 16.8. The standard InChI is InChI=1S/C20H20F4N6O2/c21-16-10-29(19(31)32-11-13-1-3-15(4-2-13)20(22,23)24)6-5-14(16)7-26-17-8-25-9-18-28-27-12-30(17)18/h1-4,8-9,12,14,16,26H,5-7,10-11H2/t14-,16-/m1/s1. The summed E-state index contributed by atoms with van der Waals surface area (Å²) in [7, 11) is 0.